The summed E-state index contributed by atoms with van der Waals surface area (Å²) in [6, 6.07) is 0. The van der Waals surface area contributed by atoms with Crippen LogP contribution in [0.4, 0.5) is 0 Å². The van der Waals surface area contributed by atoms with Crippen molar-refractivity contribution < 1.29 is 4.74 Å². The van der Waals surface area contributed by atoms with Crippen molar-refractivity contribution in [1.82, 2.24) is 14.7 Å². The minimum atomic E-state index is 0.496. The lowest BCUT2D eigenvalue weighted by Crippen LogP contribution is -2.36. The van der Waals surface area contributed by atoms with E-state index in [1.54, 1.807) is 7.11 Å². The van der Waals surface area contributed by atoms with Gasteiger partial charge in [-0.2, -0.15) is 5.10 Å². The van der Waals surface area contributed by atoms with Crippen LogP contribution < -0.4 is 0 Å². The molecule has 4 nitrogen and oxygen atoms in total. The van der Waals surface area contributed by atoms with Gasteiger partial charge in [-0.15, -0.1) is 0 Å². The van der Waals surface area contributed by atoms with E-state index in [9.17, 15) is 0 Å². The molecular formula is C13H21N3O. The van der Waals surface area contributed by atoms with Crippen molar-refractivity contribution in [2.24, 2.45) is 13.0 Å². The summed E-state index contributed by atoms with van der Waals surface area (Å²) in [5.74, 6) is 1.44. The van der Waals surface area contributed by atoms with E-state index in [1.807, 2.05) is 11.7 Å². The van der Waals surface area contributed by atoms with Crippen LogP contribution in [-0.4, -0.2) is 41.5 Å². The Morgan fingerprint density at radius 2 is 2.29 bits per heavy atom. The fourth-order valence-electron chi connectivity index (χ4n) is 2.85. The molecule has 1 saturated carbocycles. The van der Waals surface area contributed by atoms with Gasteiger partial charge in [0.05, 0.1) is 12.3 Å². The molecule has 0 spiro atoms. The molecule has 1 aliphatic carbocycles. The summed E-state index contributed by atoms with van der Waals surface area (Å²) in [7, 11) is 3.79. The van der Waals surface area contributed by atoms with Crippen LogP contribution in [0.3, 0.4) is 0 Å². The number of rotatable bonds is 4. The highest BCUT2D eigenvalue weighted by Crippen LogP contribution is 2.33. The predicted molar refractivity (Wildman–Crippen MR) is 65.8 cm³/mol. The maximum atomic E-state index is 5.35. The number of methoxy groups -OCH3 is 1. The molecule has 0 bridgehead atoms. The first-order valence-electron chi connectivity index (χ1n) is 6.50. The average Bonchev–Trinajstić information content (AvgIpc) is 2.99. The van der Waals surface area contributed by atoms with Crippen LogP contribution in [0.2, 0.25) is 0 Å². The van der Waals surface area contributed by atoms with Gasteiger partial charge in [-0.05, 0) is 18.8 Å². The molecule has 1 aliphatic heterocycles. The number of fused-ring (bicyclic) bond motifs is 1. The molecule has 1 aromatic rings. The molecular weight excluding hydrogens is 214 g/mol. The van der Waals surface area contributed by atoms with Crippen LogP contribution in [-0.2, 0) is 18.3 Å². The topological polar surface area (TPSA) is 30.3 Å². The number of aromatic nitrogens is 2. The van der Waals surface area contributed by atoms with Crippen LogP contribution in [0.5, 0.6) is 0 Å². The third kappa shape index (κ3) is 2.38. The molecule has 2 heterocycles. The van der Waals surface area contributed by atoms with Crippen molar-refractivity contribution >= 4 is 0 Å². The van der Waals surface area contributed by atoms with Crippen molar-refractivity contribution in [3.05, 3.63) is 17.5 Å². The van der Waals surface area contributed by atoms with Crippen LogP contribution in [0, 0.1) is 5.92 Å². The van der Waals surface area contributed by atoms with Gasteiger partial charge in [0.15, 0.2) is 0 Å². The molecule has 1 aromatic heterocycles. The number of hydrogen-bond acceptors (Lipinski definition) is 3. The smallest absolute Gasteiger partial charge is 0.0800 e. The van der Waals surface area contributed by atoms with Crippen molar-refractivity contribution in [2.45, 2.75) is 25.3 Å². The van der Waals surface area contributed by atoms with Gasteiger partial charge in [-0.3, -0.25) is 9.58 Å². The van der Waals surface area contributed by atoms with Crippen molar-refractivity contribution in [3.8, 4) is 0 Å². The first kappa shape index (κ1) is 11.2. The highest BCUT2D eigenvalue weighted by molar-refractivity contribution is 5.25. The normalized spacial score (nSPS) is 24.9. The lowest BCUT2D eigenvalue weighted by atomic mass is 9.95. The SMILES string of the molecule is COCC1CN(CC2CC2)Cc2nn(C)cc21. The third-order valence-corrected chi connectivity index (χ3v) is 3.81. The first-order valence-corrected chi connectivity index (χ1v) is 6.50. The Bertz CT molecular complexity index is 397. The minimum Gasteiger partial charge on any atom is -0.384 e. The van der Waals surface area contributed by atoms with E-state index in [0.29, 0.717) is 5.92 Å². The van der Waals surface area contributed by atoms with Gasteiger partial charge in [-0.1, -0.05) is 0 Å². The molecule has 1 unspecified atom stereocenters. The molecule has 1 fully saturated rings. The molecule has 1 atom stereocenters. The second-order valence-corrected chi connectivity index (χ2v) is 5.49. The quantitative estimate of drug-likeness (QED) is 0.789. The summed E-state index contributed by atoms with van der Waals surface area (Å²) < 4.78 is 7.29. The summed E-state index contributed by atoms with van der Waals surface area (Å²) in [5.41, 5.74) is 2.64. The monoisotopic (exact) mass is 235 g/mol. The Balaban J connectivity index is 1.77. The summed E-state index contributed by atoms with van der Waals surface area (Å²) in [4.78, 5) is 2.55. The Kier molecular flexibility index (Phi) is 2.92. The maximum Gasteiger partial charge on any atom is 0.0800 e. The van der Waals surface area contributed by atoms with Gasteiger partial charge < -0.3 is 4.74 Å². The molecule has 17 heavy (non-hydrogen) atoms. The van der Waals surface area contributed by atoms with E-state index in [2.05, 4.69) is 16.2 Å². The molecule has 0 N–H and O–H groups in total. The fraction of sp³-hybridized carbons (Fsp3) is 0.769. The number of nitrogens with zero attached hydrogens (tertiary/aromatic N) is 3. The Hall–Kier alpha value is -0.870. The van der Waals surface area contributed by atoms with Gasteiger partial charge in [0.2, 0.25) is 0 Å². The minimum absolute atomic E-state index is 0.496. The van der Waals surface area contributed by atoms with Crippen LogP contribution in [0.25, 0.3) is 0 Å². The Morgan fingerprint density at radius 3 is 3.00 bits per heavy atom. The van der Waals surface area contributed by atoms with E-state index >= 15 is 0 Å². The molecule has 2 aliphatic rings. The van der Waals surface area contributed by atoms with Gasteiger partial charge >= 0.3 is 0 Å². The highest BCUT2D eigenvalue weighted by Gasteiger charge is 2.31. The Morgan fingerprint density at radius 1 is 1.47 bits per heavy atom. The molecule has 4 heteroatoms. The molecule has 0 amide bonds. The van der Waals surface area contributed by atoms with E-state index in [-0.39, 0.29) is 0 Å². The van der Waals surface area contributed by atoms with Crippen LogP contribution in [0.1, 0.15) is 30.0 Å². The molecule has 0 aromatic carbocycles. The zero-order valence-electron chi connectivity index (χ0n) is 10.7. The Labute approximate surface area is 103 Å². The molecule has 0 saturated heterocycles. The summed E-state index contributed by atoms with van der Waals surface area (Å²) in [6.07, 6.45) is 4.99. The number of ether oxygens (including phenoxy) is 1. The fourth-order valence-corrected chi connectivity index (χ4v) is 2.85. The number of aryl methyl sites for hydroxylation is 1. The van der Waals surface area contributed by atoms with Gasteiger partial charge in [-0.25, -0.2) is 0 Å². The lowest BCUT2D eigenvalue weighted by Gasteiger charge is -2.31. The highest BCUT2D eigenvalue weighted by atomic mass is 16.5. The largest absolute Gasteiger partial charge is 0.384 e. The van der Waals surface area contributed by atoms with Crippen molar-refractivity contribution in [2.75, 3.05) is 26.8 Å². The summed E-state index contributed by atoms with van der Waals surface area (Å²) in [6.45, 7) is 4.20. The standard InChI is InChI=1S/C13H21N3O/c1-15-7-12-11(9-17-2)6-16(5-10-3-4-10)8-13(12)14-15/h7,10-11H,3-6,8-9H2,1-2H3. The summed E-state index contributed by atoms with van der Waals surface area (Å²) >= 11 is 0. The first-order chi connectivity index (χ1) is 8.26. The average molecular weight is 235 g/mol. The zero-order chi connectivity index (χ0) is 11.8. The molecule has 3 rings (SSSR count). The second-order valence-electron chi connectivity index (χ2n) is 5.49. The maximum absolute atomic E-state index is 5.35. The number of hydrogen-bond donors (Lipinski definition) is 0. The van der Waals surface area contributed by atoms with Crippen molar-refractivity contribution in [3.63, 3.8) is 0 Å². The van der Waals surface area contributed by atoms with Crippen LogP contribution >= 0.6 is 0 Å². The van der Waals surface area contributed by atoms with E-state index in [1.165, 1.54) is 30.6 Å². The zero-order valence-corrected chi connectivity index (χ0v) is 10.7. The van der Waals surface area contributed by atoms with Crippen LogP contribution in [0.15, 0.2) is 6.20 Å². The molecule has 94 valence electrons. The van der Waals surface area contributed by atoms with Gasteiger partial charge in [0, 0.05) is 51.5 Å². The van der Waals surface area contributed by atoms with E-state index < -0.39 is 0 Å². The van der Waals surface area contributed by atoms with E-state index in [4.69, 9.17) is 4.74 Å². The predicted octanol–water partition coefficient (Wildman–Crippen LogP) is 1.38. The van der Waals surface area contributed by atoms with E-state index in [0.717, 1.165) is 25.6 Å². The summed E-state index contributed by atoms with van der Waals surface area (Å²) in [5, 5.41) is 4.58. The van der Waals surface area contributed by atoms with Crippen molar-refractivity contribution in [1.29, 1.82) is 0 Å². The van der Waals surface area contributed by atoms with Gasteiger partial charge in [0.25, 0.3) is 0 Å². The lowest BCUT2D eigenvalue weighted by molar-refractivity contribution is 0.136. The third-order valence-electron chi connectivity index (χ3n) is 3.81. The van der Waals surface area contributed by atoms with Gasteiger partial charge in [0.1, 0.15) is 0 Å². The molecule has 0 radical (unpaired) electrons. The second kappa shape index (κ2) is 4.42.